The molecule has 0 N–H and O–H groups in total. The van der Waals surface area contributed by atoms with E-state index in [1.54, 1.807) is 6.08 Å². The third-order valence-electron chi connectivity index (χ3n) is 3.59. The van der Waals surface area contributed by atoms with Crippen LogP contribution in [0.1, 0.15) is 35.1 Å². The standard InChI is InChI=1S/C13H13NOS/c15-8-14-16-13-11-5-1-3-9(11)7-10-4-2-6-12(10)13/h7H,1-6H2. The molecule has 2 nitrogen and oxygen atoms in total. The smallest absolute Gasteiger partial charge is 0.210 e. The largest absolute Gasteiger partial charge is 0.247 e. The van der Waals surface area contributed by atoms with Crippen LogP contribution in [0.5, 0.6) is 0 Å². The van der Waals surface area contributed by atoms with E-state index in [1.807, 2.05) is 0 Å². The van der Waals surface area contributed by atoms with E-state index in [4.69, 9.17) is 0 Å². The fourth-order valence-corrected chi connectivity index (χ4v) is 3.75. The Balaban J connectivity index is 2.15. The average Bonchev–Trinajstić information content (AvgIpc) is 2.91. The van der Waals surface area contributed by atoms with E-state index in [-0.39, 0.29) is 0 Å². The SMILES string of the molecule is O=C=NSc1c2c(cc3c1CCC3)CCC2. The summed E-state index contributed by atoms with van der Waals surface area (Å²) in [5, 5.41) is 0. The van der Waals surface area contributed by atoms with Gasteiger partial charge >= 0.3 is 0 Å². The van der Waals surface area contributed by atoms with Gasteiger partial charge in [-0.2, -0.15) is 0 Å². The topological polar surface area (TPSA) is 29.4 Å². The second kappa shape index (κ2) is 4.08. The molecule has 0 saturated heterocycles. The molecule has 0 bridgehead atoms. The van der Waals surface area contributed by atoms with Crippen LogP contribution in [0.4, 0.5) is 0 Å². The van der Waals surface area contributed by atoms with Crippen LogP contribution in [0.25, 0.3) is 0 Å². The summed E-state index contributed by atoms with van der Waals surface area (Å²) in [6.07, 6.45) is 8.82. The molecule has 0 aliphatic heterocycles. The highest BCUT2D eigenvalue weighted by molar-refractivity contribution is 7.98. The maximum atomic E-state index is 10.3. The van der Waals surface area contributed by atoms with E-state index in [0.29, 0.717) is 0 Å². The normalized spacial score (nSPS) is 16.8. The first-order valence-corrected chi connectivity index (χ1v) is 6.58. The van der Waals surface area contributed by atoms with Crippen molar-refractivity contribution in [2.24, 2.45) is 4.40 Å². The van der Waals surface area contributed by atoms with E-state index in [2.05, 4.69) is 10.5 Å². The molecule has 1 aromatic rings. The number of fused-ring (bicyclic) bond motifs is 2. The molecular weight excluding hydrogens is 218 g/mol. The van der Waals surface area contributed by atoms with Gasteiger partial charge in [-0.05, 0) is 60.8 Å². The van der Waals surface area contributed by atoms with Crippen molar-refractivity contribution in [2.45, 2.75) is 43.4 Å². The van der Waals surface area contributed by atoms with Crippen molar-refractivity contribution < 1.29 is 4.79 Å². The molecule has 0 fully saturated rings. The lowest BCUT2D eigenvalue weighted by atomic mass is 10.0. The van der Waals surface area contributed by atoms with Crippen LogP contribution in [0.15, 0.2) is 15.4 Å². The van der Waals surface area contributed by atoms with Crippen molar-refractivity contribution in [3.05, 3.63) is 28.3 Å². The minimum atomic E-state index is 1.15. The molecule has 2 aliphatic carbocycles. The summed E-state index contributed by atoms with van der Waals surface area (Å²) in [5.74, 6) is 0. The van der Waals surface area contributed by atoms with Crippen LogP contribution in [-0.4, -0.2) is 6.08 Å². The van der Waals surface area contributed by atoms with Crippen molar-refractivity contribution >= 4 is 18.0 Å². The van der Waals surface area contributed by atoms with Crippen LogP contribution in [0.2, 0.25) is 0 Å². The van der Waals surface area contributed by atoms with Crippen molar-refractivity contribution in [2.75, 3.05) is 0 Å². The summed E-state index contributed by atoms with van der Waals surface area (Å²) in [5.41, 5.74) is 5.88. The van der Waals surface area contributed by atoms with Crippen molar-refractivity contribution in [3.63, 3.8) is 0 Å². The summed E-state index contributed by atoms with van der Waals surface area (Å²) in [6.45, 7) is 0. The number of benzene rings is 1. The maximum Gasteiger partial charge on any atom is 0.247 e. The molecule has 0 unspecified atom stereocenters. The molecule has 82 valence electrons. The Labute approximate surface area is 99.3 Å². The first kappa shape index (κ1) is 10.1. The van der Waals surface area contributed by atoms with Crippen LogP contribution in [-0.2, 0) is 30.5 Å². The van der Waals surface area contributed by atoms with Crippen LogP contribution < -0.4 is 0 Å². The Morgan fingerprint density at radius 2 is 1.69 bits per heavy atom. The van der Waals surface area contributed by atoms with Crippen molar-refractivity contribution in [1.29, 1.82) is 0 Å². The summed E-state index contributed by atoms with van der Waals surface area (Å²) in [4.78, 5) is 11.5. The third kappa shape index (κ3) is 1.51. The predicted octanol–water partition coefficient (Wildman–Crippen LogP) is 3.01. The minimum absolute atomic E-state index is 1.15. The highest BCUT2D eigenvalue weighted by atomic mass is 32.2. The summed E-state index contributed by atoms with van der Waals surface area (Å²) in [7, 11) is 0. The first-order chi connectivity index (χ1) is 7.90. The lowest BCUT2D eigenvalue weighted by Gasteiger charge is -2.11. The van der Waals surface area contributed by atoms with Gasteiger partial charge in [0, 0.05) is 16.8 Å². The predicted molar refractivity (Wildman–Crippen MR) is 64.5 cm³/mol. The number of hydrogen-bond donors (Lipinski definition) is 0. The number of hydrogen-bond acceptors (Lipinski definition) is 3. The van der Waals surface area contributed by atoms with Crippen molar-refractivity contribution in [1.82, 2.24) is 0 Å². The molecule has 3 heteroatoms. The number of aryl methyl sites for hydroxylation is 2. The Morgan fingerprint density at radius 3 is 2.25 bits per heavy atom. The molecule has 3 rings (SSSR count). The monoisotopic (exact) mass is 231 g/mol. The molecule has 0 aromatic heterocycles. The van der Waals surface area contributed by atoms with Gasteiger partial charge in [-0.3, -0.25) is 0 Å². The van der Waals surface area contributed by atoms with Crippen molar-refractivity contribution in [3.8, 4) is 0 Å². The molecule has 0 spiro atoms. The quantitative estimate of drug-likeness (QED) is 0.445. The van der Waals surface area contributed by atoms with Gasteiger partial charge in [-0.1, -0.05) is 6.07 Å². The second-order valence-electron chi connectivity index (χ2n) is 4.46. The summed E-state index contributed by atoms with van der Waals surface area (Å²) in [6, 6.07) is 2.39. The highest BCUT2D eigenvalue weighted by Gasteiger charge is 2.24. The molecule has 0 saturated carbocycles. The number of carbonyl (C=O) groups excluding carboxylic acids is 1. The molecule has 0 heterocycles. The summed E-state index contributed by atoms with van der Waals surface area (Å²) >= 11 is 1.33. The van der Waals surface area contributed by atoms with Gasteiger partial charge in [0.25, 0.3) is 0 Å². The Hall–Kier alpha value is -1.05. The third-order valence-corrected chi connectivity index (χ3v) is 4.43. The zero-order valence-corrected chi connectivity index (χ0v) is 9.90. The van der Waals surface area contributed by atoms with Gasteiger partial charge in [-0.15, -0.1) is 4.40 Å². The number of isocyanates is 1. The number of nitrogens with zero attached hydrogens (tertiary/aromatic N) is 1. The summed E-state index contributed by atoms with van der Waals surface area (Å²) < 4.78 is 3.71. The van der Waals surface area contributed by atoms with E-state index >= 15 is 0 Å². The fourth-order valence-electron chi connectivity index (χ4n) is 2.94. The Morgan fingerprint density at radius 1 is 1.06 bits per heavy atom. The molecule has 1 aromatic carbocycles. The van der Waals surface area contributed by atoms with Gasteiger partial charge in [0.15, 0.2) is 0 Å². The van der Waals surface area contributed by atoms with Crippen LogP contribution in [0, 0.1) is 0 Å². The van der Waals surface area contributed by atoms with Gasteiger partial charge in [0.1, 0.15) is 0 Å². The van der Waals surface area contributed by atoms with Gasteiger partial charge in [0.2, 0.25) is 6.08 Å². The van der Waals surface area contributed by atoms with E-state index in [9.17, 15) is 4.79 Å². The zero-order chi connectivity index (χ0) is 11.0. The molecule has 0 radical (unpaired) electrons. The van der Waals surface area contributed by atoms with Gasteiger partial charge < -0.3 is 0 Å². The van der Waals surface area contributed by atoms with E-state index < -0.39 is 0 Å². The highest BCUT2D eigenvalue weighted by Crippen LogP contribution is 2.40. The molecule has 16 heavy (non-hydrogen) atoms. The zero-order valence-electron chi connectivity index (χ0n) is 9.08. The van der Waals surface area contributed by atoms with Gasteiger partial charge in [0.05, 0.1) is 0 Å². The minimum Gasteiger partial charge on any atom is -0.210 e. The molecular formula is C13H13NOS. The molecule has 2 aliphatic rings. The maximum absolute atomic E-state index is 10.3. The first-order valence-electron chi connectivity index (χ1n) is 5.81. The second-order valence-corrected chi connectivity index (χ2v) is 5.24. The van der Waals surface area contributed by atoms with E-state index in [0.717, 1.165) is 12.8 Å². The van der Waals surface area contributed by atoms with Crippen LogP contribution in [0.3, 0.4) is 0 Å². The Bertz CT molecular complexity index is 457. The Kier molecular flexibility index (Phi) is 2.58. The molecule has 0 amide bonds. The lowest BCUT2D eigenvalue weighted by Crippen LogP contribution is -1.94. The lowest BCUT2D eigenvalue weighted by molar-refractivity contribution is 0.566. The van der Waals surface area contributed by atoms with Crippen LogP contribution >= 0.6 is 11.9 Å². The number of rotatable bonds is 2. The fraction of sp³-hybridized carbons (Fsp3) is 0.462. The van der Waals surface area contributed by atoms with Gasteiger partial charge in [-0.25, -0.2) is 4.79 Å². The molecule has 0 atom stereocenters. The average molecular weight is 231 g/mol. The van der Waals surface area contributed by atoms with E-state index in [1.165, 1.54) is 64.8 Å².